The first-order valence-corrected chi connectivity index (χ1v) is 5.97. The van der Waals surface area contributed by atoms with Crippen molar-refractivity contribution in [3.8, 4) is 6.07 Å². The molecule has 0 bridgehead atoms. The molecule has 0 saturated heterocycles. The van der Waals surface area contributed by atoms with Crippen LogP contribution in [0, 0.1) is 11.3 Å². The van der Waals surface area contributed by atoms with Gasteiger partial charge in [-0.1, -0.05) is 31.4 Å². The first-order valence-electron chi connectivity index (χ1n) is 5.97. The predicted molar refractivity (Wildman–Crippen MR) is 67.6 cm³/mol. The van der Waals surface area contributed by atoms with Crippen molar-refractivity contribution < 1.29 is 4.79 Å². The lowest BCUT2D eigenvalue weighted by atomic mass is 9.97. The van der Waals surface area contributed by atoms with E-state index in [1.807, 2.05) is 6.07 Å². The lowest BCUT2D eigenvalue weighted by Crippen LogP contribution is -2.22. The summed E-state index contributed by atoms with van der Waals surface area (Å²) in [6.07, 6.45) is 7.41. The van der Waals surface area contributed by atoms with Crippen LogP contribution in [0.1, 0.15) is 48.0 Å². The summed E-state index contributed by atoms with van der Waals surface area (Å²) in [6.45, 7) is 0. The average Bonchev–Trinajstić information content (AvgIpc) is 2.40. The molecule has 0 aromatic heterocycles. The van der Waals surface area contributed by atoms with Gasteiger partial charge >= 0.3 is 0 Å². The maximum atomic E-state index is 10.1. The third kappa shape index (κ3) is 5.28. The molecule has 0 spiro atoms. The van der Waals surface area contributed by atoms with Crippen molar-refractivity contribution in [3.05, 3.63) is 35.4 Å². The van der Waals surface area contributed by atoms with Gasteiger partial charge in [0.1, 0.15) is 6.29 Å². The highest BCUT2D eigenvalue weighted by molar-refractivity contribution is 5.74. The largest absolute Gasteiger partial charge is 0.328 e. The van der Waals surface area contributed by atoms with Crippen molar-refractivity contribution in [2.45, 2.75) is 38.1 Å². The Morgan fingerprint density at radius 3 is 2.12 bits per heavy atom. The Labute approximate surface area is 102 Å². The van der Waals surface area contributed by atoms with Crippen LogP contribution in [0.25, 0.3) is 0 Å². The van der Waals surface area contributed by atoms with E-state index in [1.54, 1.807) is 24.3 Å². The molecule has 1 aliphatic carbocycles. The van der Waals surface area contributed by atoms with E-state index < -0.39 is 0 Å². The van der Waals surface area contributed by atoms with Crippen LogP contribution in [0.15, 0.2) is 24.3 Å². The van der Waals surface area contributed by atoms with Crippen LogP contribution in [0.2, 0.25) is 0 Å². The topological polar surface area (TPSA) is 66.9 Å². The third-order valence-electron chi connectivity index (χ3n) is 2.83. The molecular formula is C14H18N2O. The number of carbonyl (C=O) groups excluding carboxylic acids is 1. The Morgan fingerprint density at radius 1 is 1.18 bits per heavy atom. The molecule has 0 amide bonds. The number of benzene rings is 1. The van der Waals surface area contributed by atoms with Crippen LogP contribution in [0.4, 0.5) is 0 Å². The molecule has 1 aromatic carbocycles. The highest BCUT2D eigenvalue weighted by atomic mass is 16.1. The number of hydrogen-bond donors (Lipinski definition) is 1. The molecule has 3 nitrogen and oxygen atoms in total. The minimum atomic E-state index is 0.536. The summed E-state index contributed by atoms with van der Waals surface area (Å²) in [7, 11) is 0. The summed E-state index contributed by atoms with van der Waals surface area (Å²) in [5.41, 5.74) is 6.81. The maximum Gasteiger partial charge on any atom is 0.150 e. The van der Waals surface area contributed by atoms with Crippen molar-refractivity contribution in [1.82, 2.24) is 0 Å². The molecule has 1 saturated carbocycles. The van der Waals surface area contributed by atoms with Gasteiger partial charge in [0.15, 0.2) is 0 Å². The quantitative estimate of drug-likeness (QED) is 0.754. The second-order valence-corrected chi connectivity index (χ2v) is 4.25. The molecule has 0 radical (unpaired) electrons. The van der Waals surface area contributed by atoms with Crippen molar-refractivity contribution >= 4 is 6.29 Å². The van der Waals surface area contributed by atoms with Crippen LogP contribution in [-0.4, -0.2) is 12.3 Å². The standard InChI is InChI=1S/C8H5NO.C6H13N/c9-5-7-1-3-8(6-10)4-2-7;7-6-4-2-1-3-5-6/h1-4,6H;6H,1-5,7H2. The molecule has 0 atom stereocenters. The van der Waals surface area contributed by atoms with E-state index in [1.165, 1.54) is 32.1 Å². The number of hydrogen-bond acceptors (Lipinski definition) is 3. The minimum Gasteiger partial charge on any atom is -0.328 e. The van der Waals surface area contributed by atoms with Crippen LogP contribution in [0.5, 0.6) is 0 Å². The number of nitrogens with two attached hydrogens (primary N) is 1. The van der Waals surface area contributed by atoms with Crippen LogP contribution < -0.4 is 5.73 Å². The van der Waals surface area contributed by atoms with Gasteiger partial charge in [-0.15, -0.1) is 0 Å². The lowest BCUT2D eigenvalue weighted by Gasteiger charge is -2.15. The molecule has 1 aliphatic rings. The lowest BCUT2D eigenvalue weighted by molar-refractivity contribution is 0.112. The molecule has 0 heterocycles. The maximum absolute atomic E-state index is 10.1. The highest BCUT2D eigenvalue weighted by Crippen LogP contribution is 2.14. The number of nitriles is 1. The molecule has 0 aliphatic heterocycles. The van der Waals surface area contributed by atoms with Gasteiger partial charge in [-0.3, -0.25) is 4.79 Å². The zero-order valence-corrected chi connectivity index (χ0v) is 9.93. The Balaban J connectivity index is 0.000000181. The number of rotatable bonds is 1. The minimum absolute atomic E-state index is 0.536. The molecular weight excluding hydrogens is 212 g/mol. The zero-order chi connectivity index (χ0) is 12.5. The van der Waals surface area contributed by atoms with Gasteiger partial charge in [0.05, 0.1) is 11.6 Å². The zero-order valence-electron chi connectivity index (χ0n) is 9.93. The molecule has 0 unspecified atom stereocenters. The fourth-order valence-electron chi connectivity index (χ4n) is 1.77. The monoisotopic (exact) mass is 230 g/mol. The van der Waals surface area contributed by atoms with E-state index >= 15 is 0 Å². The molecule has 1 fully saturated rings. The molecule has 2 rings (SSSR count). The Morgan fingerprint density at radius 2 is 1.76 bits per heavy atom. The van der Waals surface area contributed by atoms with Crippen molar-refractivity contribution in [2.75, 3.05) is 0 Å². The van der Waals surface area contributed by atoms with Gasteiger partial charge in [-0.2, -0.15) is 5.26 Å². The van der Waals surface area contributed by atoms with Crippen LogP contribution >= 0.6 is 0 Å². The van der Waals surface area contributed by atoms with Crippen LogP contribution in [-0.2, 0) is 0 Å². The van der Waals surface area contributed by atoms with E-state index in [4.69, 9.17) is 11.0 Å². The summed E-state index contributed by atoms with van der Waals surface area (Å²) in [4.78, 5) is 10.1. The van der Waals surface area contributed by atoms with Gasteiger partial charge in [0, 0.05) is 11.6 Å². The normalized spacial score (nSPS) is 15.3. The Kier molecular flexibility index (Phi) is 5.98. The number of nitrogens with zero attached hydrogens (tertiary/aromatic N) is 1. The van der Waals surface area contributed by atoms with E-state index in [-0.39, 0.29) is 0 Å². The fraction of sp³-hybridized carbons (Fsp3) is 0.429. The summed E-state index contributed by atoms with van der Waals surface area (Å²) in [5, 5.41) is 8.36. The van der Waals surface area contributed by atoms with Gasteiger partial charge in [-0.25, -0.2) is 0 Å². The first kappa shape index (κ1) is 13.4. The number of aldehydes is 1. The van der Waals surface area contributed by atoms with Gasteiger partial charge in [0.2, 0.25) is 0 Å². The Hall–Kier alpha value is -1.66. The van der Waals surface area contributed by atoms with Crippen molar-refractivity contribution in [3.63, 3.8) is 0 Å². The molecule has 2 N–H and O–H groups in total. The van der Waals surface area contributed by atoms with Crippen molar-refractivity contribution in [1.29, 1.82) is 5.26 Å². The average molecular weight is 230 g/mol. The SMILES string of the molecule is N#Cc1ccc(C=O)cc1.NC1CCCCC1. The summed E-state index contributed by atoms with van der Waals surface area (Å²) in [5.74, 6) is 0. The molecule has 1 aromatic rings. The number of carbonyl (C=O) groups is 1. The van der Waals surface area contributed by atoms with E-state index in [0.29, 0.717) is 17.2 Å². The second-order valence-electron chi connectivity index (χ2n) is 4.25. The predicted octanol–water partition coefficient (Wildman–Crippen LogP) is 2.65. The molecule has 3 heteroatoms. The van der Waals surface area contributed by atoms with Gasteiger partial charge in [0.25, 0.3) is 0 Å². The van der Waals surface area contributed by atoms with Crippen molar-refractivity contribution in [2.24, 2.45) is 5.73 Å². The smallest absolute Gasteiger partial charge is 0.150 e. The molecule has 90 valence electrons. The van der Waals surface area contributed by atoms with Gasteiger partial charge in [-0.05, 0) is 25.0 Å². The highest BCUT2D eigenvalue weighted by Gasteiger charge is 2.06. The van der Waals surface area contributed by atoms with Gasteiger partial charge < -0.3 is 5.73 Å². The first-order chi connectivity index (χ1) is 8.26. The van der Waals surface area contributed by atoms with Crippen LogP contribution in [0.3, 0.4) is 0 Å². The van der Waals surface area contributed by atoms with E-state index in [9.17, 15) is 4.79 Å². The summed E-state index contributed by atoms with van der Waals surface area (Å²) < 4.78 is 0. The Bertz CT molecular complexity index is 372. The summed E-state index contributed by atoms with van der Waals surface area (Å²) in [6, 6.07) is 8.96. The fourth-order valence-corrected chi connectivity index (χ4v) is 1.77. The van der Waals surface area contributed by atoms with E-state index in [2.05, 4.69) is 0 Å². The second kappa shape index (κ2) is 7.59. The summed E-state index contributed by atoms with van der Waals surface area (Å²) >= 11 is 0. The molecule has 17 heavy (non-hydrogen) atoms. The third-order valence-corrected chi connectivity index (χ3v) is 2.83. The van der Waals surface area contributed by atoms with E-state index in [0.717, 1.165) is 6.29 Å².